The minimum atomic E-state index is -0.269. The number of nitrogens with zero attached hydrogens (tertiary/aromatic N) is 1. The van der Waals surface area contributed by atoms with Crippen molar-refractivity contribution in [1.29, 1.82) is 0 Å². The van der Waals surface area contributed by atoms with Gasteiger partial charge in [-0.2, -0.15) is 0 Å². The molecule has 2 aromatic rings. The van der Waals surface area contributed by atoms with Crippen LogP contribution in [0.25, 0.3) is 11.3 Å². The van der Waals surface area contributed by atoms with Gasteiger partial charge in [-0.25, -0.2) is 4.39 Å². The highest BCUT2D eigenvalue weighted by molar-refractivity contribution is 7.98. The van der Waals surface area contributed by atoms with Crippen LogP contribution in [0.3, 0.4) is 0 Å². The number of aromatic nitrogens is 1. The fourth-order valence-electron chi connectivity index (χ4n) is 1.24. The number of halogens is 1. The van der Waals surface area contributed by atoms with Gasteiger partial charge in [0.15, 0.2) is 11.6 Å². The number of benzene rings is 1. The molecule has 5 heteroatoms. The molecule has 0 saturated heterocycles. The monoisotopic (exact) mass is 224 g/mol. The summed E-state index contributed by atoms with van der Waals surface area (Å²) in [5.41, 5.74) is 6.04. The lowest BCUT2D eigenvalue weighted by Crippen LogP contribution is -1.82. The molecule has 0 spiro atoms. The predicted octanol–water partition coefficient (Wildman–Crippen LogP) is 2.78. The van der Waals surface area contributed by atoms with E-state index in [1.165, 1.54) is 17.8 Å². The van der Waals surface area contributed by atoms with Gasteiger partial charge in [-0.1, -0.05) is 5.16 Å². The summed E-state index contributed by atoms with van der Waals surface area (Å²) in [6.45, 7) is 0. The number of nitrogens with two attached hydrogens (primary N) is 1. The molecular formula is C10H9FN2OS. The highest BCUT2D eigenvalue weighted by Crippen LogP contribution is 2.26. The van der Waals surface area contributed by atoms with E-state index in [0.717, 1.165) is 0 Å². The molecule has 0 amide bonds. The Bertz CT molecular complexity index is 484. The van der Waals surface area contributed by atoms with E-state index in [-0.39, 0.29) is 5.82 Å². The van der Waals surface area contributed by atoms with Crippen molar-refractivity contribution in [2.24, 2.45) is 0 Å². The summed E-state index contributed by atoms with van der Waals surface area (Å²) in [7, 11) is 0. The first kappa shape index (κ1) is 10.0. The minimum absolute atomic E-state index is 0.269. The molecule has 3 nitrogen and oxygen atoms in total. The third-order valence-corrected chi connectivity index (χ3v) is 2.74. The first-order valence-electron chi connectivity index (χ1n) is 4.27. The number of hydrogen-bond donors (Lipinski definition) is 1. The number of hydrogen-bond acceptors (Lipinski definition) is 4. The summed E-state index contributed by atoms with van der Waals surface area (Å²) in [5.74, 6) is 0.494. The molecule has 1 aromatic carbocycles. The van der Waals surface area contributed by atoms with E-state index < -0.39 is 0 Å². The Kier molecular flexibility index (Phi) is 2.64. The van der Waals surface area contributed by atoms with Gasteiger partial charge in [0.05, 0.1) is 0 Å². The zero-order chi connectivity index (χ0) is 10.8. The average molecular weight is 224 g/mol. The summed E-state index contributed by atoms with van der Waals surface area (Å²) in [5, 5.41) is 3.54. The Labute approximate surface area is 90.4 Å². The second-order valence-electron chi connectivity index (χ2n) is 2.97. The van der Waals surface area contributed by atoms with E-state index in [1.54, 1.807) is 18.2 Å². The zero-order valence-corrected chi connectivity index (χ0v) is 8.84. The Morgan fingerprint density at radius 1 is 1.40 bits per heavy atom. The molecule has 0 unspecified atom stereocenters. The maximum Gasteiger partial charge on any atom is 0.169 e. The van der Waals surface area contributed by atoms with E-state index in [0.29, 0.717) is 22.0 Å². The molecule has 0 atom stereocenters. The van der Waals surface area contributed by atoms with Gasteiger partial charge < -0.3 is 10.3 Å². The smallest absolute Gasteiger partial charge is 0.169 e. The van der Waals surface area contributed by atoms with Gasteiger partial charge in [0.2, 0.25) is 0 Å². The fraction of sp³-hybridized carbons (Fsp3) is 0.100. The van der Waals surface area contributed by atoms with Crippen LogP contribution in [0.15, 0.2) is 33.7 Å². The molecule has 2 N–H and O–H groups in total. The maximum atomic E-state index is 13.4. The Hall–Kier alpha value is -1.49. The topological polar surface area (TPSA) is 52.0 Å². The van der Waals surface area contributed by atoms with Crippen LogP contribution in [0.1, 0.15) is 0 Å². The summed E-state index contributed by atoms with van der Waals surface area (Å²) >= 11 is 1.36. The predicted molar refractivity (Wildman–Crippen MR) is 58.1 cm³/mol. The van der Waals surface area contributed by atoms with Crippen molar-refractivity contribution >= 4 is 17.6 Å². The standard InChI is InChI=1S/C10H9FN2OS/c1-15-9-3-2-6(4-7(9)11)8-5-10(12)13-14-8/h2-5H,1H3,(H2,12,13). The van der Waals surface area contributed by atoms with Crippen LogP contribution in [-0.2, 0) is 0 Å². The molecule has 0 aliphatic rings. The normalized spacial score (nSPS) is 10.5. The van der Waals surface area contributed by atoms with E-state index in [4.69, 9.17) is 10.3 Å². The summed E-state index contributed by atoms with van der Waals surface area (Å²) in [4.78, 5) is 0.603. The van der Waals surface area contributed by atoms with Crippen molar-refractivity contribution in [1.82, 2.24) is 5.16 Å². The molecule has 0 bridgehead atoms. The second-order valence-corrected chi connectivity index (χ2v) is 3.81. The van der Waals surface area contributed by atoms with Gasteiger partial charge in [-0.3, -0.25) is 0 Å². The zero-order valence-electron chi connectivity index (χ0n) is 8.03. The van der Waals surface area contributed by atoms with E-state index >= 15 is 0 Å². The molecule has 0 aliphatic carbocycles. The first-order valence-corrected chi connectivity index (χ1v) is 5.49. The average Bonchev–Trinajstić information content (AvgIpc) is 2.65. The van der Waals surface area contributed by atoms with Crippen LogP contribution >= 0.6 is 11.8 Å². The SMILES string of the molecule is CSc1ccc(-c2cc(N)no2)cc1F. The number of anilines is 1. The van der Waals surface area contributed by atoms with E-state index in [9.17, 15) is 4.39 Å². The number of nitrogen functional groups attached to an aromatic ring is 1. The van der Waals surface area contributed by atoms with Crippen LogP contribution in [0.4, 0.5) is 10.2 Å². The molecule has 0 aliphatic heterocycles. The molecule has 1 heterocycles. The van der Waals surface area contributed by atoms with E-state index in [2.05, 4.69) is 5.16 Å². The van der Waals surface area contributed by atoms with Crippen LogP contribution in [-0.4, -0.2) is 11.4 Å². The van der Waals surface area contributed by atoms with Crippen molar-refractivity contribution in [3.05, 3.63) is 30.1 Å². The first-order chi connectivity index (χ1) is 7.20. The van der Waals surface area contributed by atoms with E-state index in [1.807, 2.05) is 6.26 Å². The second kappa shape index (κ2) is 3.94. The summed E-state index contributed by atoms with van der Waals surface area (Å²) in [6.07, 6.45) is 1.82. The van der Waals surface area contributed by atoms with Crippen molar-refractivity contribution in [3.8, 4) is 11.3 Å². The van der Waals surface area contributed by atoms with Gasteiger partial charge in [0.1, 0.15) is 5.82 Å². The Morgan fingerprint density at radius 2 is 2.20 bits per heavy atom. The fourth-order valence-corrected chi connectivity index (χ4v) is 1.70. The van der Waals surface area contributed by atoms with Gasteiger partial charge in [-0.15, -0.1) is 11.8 Å². The molecule has 2 rings (SSSR count). The van der Waals surface area contributed by atoms with Gasteiger partial charge in [-0.05, 0) is 24.5 Å². The van der Waals surface area contributed by atoms with Crippen LogP contribution < -0.4 is 5.73 Å². The summed E-state index contributed by atoms with van der Waals surface area (Å²) < 4.78 is 18.4. The van der Waals surface area contributed by atoms with Crippen molar-refractivity contribution in [3.63, 3.8) is 0 Å². The van der Waals surface area contributed by atoms with Crippen LogP contribution in [0.2, 0.25) is 0 Å². The number of rotatable bonds is 2. The quantitative estimate of drug-likeness (QED) is 0.797. The summed E-state index contributed by atoms with van der Waals surface area (Å²) in [6, 6.07) is 6.45. The lowest BCUT2D eigenvalue weighted by atomic mass is 10.2. The molecule has 15 heavy (non-hydrogen) atoms. The third-order valence-electron chi connectivity index (χ3n) is 1.96. The molecule has 1 aromatic heterocycles. The lowest BCUT2D eigenvalue weighted by Gasteiger charge is -2.00. The largest absolute Gasteiger partial charge is 0.381 e. The number of thioether (sulfide) groups is 1. The van der Waals surface area contributed by atoms with Crippen molar-refractivity contribution in [2.75, 3.05) is 12.0 Å². The van der Waals surface area contributed by atoms with Gasteiger partial charge in [0, 0.05) is 16.5 Å². The molecule has 78 valence electrons. The highest BCUT2D eigenvalue weighted by atomic mass is 32.2. The maximum absolute atomic E-state index is 13.4. The van der Waals surface area contributed by atoms with Crippen LogP contribution in [0.5, 0.6) is 0 Å². The van der Waals surface area contributed by atoms with Gasteiger partial charge >= 0.3 is 0 Å². The minimum Gasteiger partial charge on any atom is -0.381 e. The lowest BCUT2D eigenvalue weighted by molar-refractivity contribution is 0.435. The van der Waals surface area contributed by atoms with Crippen molar-refractivity contribution < 1.29 is 8.91 Å². The molecular weight excluding hydrogens is 215 g/mol. The van der Waals surface area contributed by atoms with Crippen LogP contribution in [0, 0.1) is 5.82 Å². The Balaban J connectivity index is 2.42. The third kappa shape index (κ3) is 1.97. The van der Waals surface area contributed by atoms with Gasteiger partial charge in [0.25, 0.3) is 0 Å². The molecule has 0 fully saturated rings. The Morgan fingerprint density at radius 3 is 2.73 bits per heavy atom. The molecule has 0 saturated carbocycles. The van der Waals surface area contributed by atoms with Crippen molar-refractivity contribution in [2.45, 2.75) is 4.90 Å². The highest BCUT2D eigenvalue weighted by Gasteiger charge is 2.08. The molecule has 0 radical (unpaired) electrons.